The van der Waals surface area contributed by atoms with Gasteiger partial charge in [0.1, 0.15) is 5.76 Å². The largest absolute Gasteiger partial charge is 0.469 e. The fourth-order valence-electron chi connectivity index (χ4n) is 1.83. The molecule has 1 unspecified atom stereocenters. The molecule has 2 rings (SSSR count). The summed E-state index contributed by atoms with van der Waals surface area (Å²) >= 11 is 0. The molecular formula is C15H17N3O4. The molecule has 0 fully saturated rings. The molecule has 2 aromatic rings. The monoisotopic (exact) mass is 303 g/mol. The van der Waals surface area contributed by atoms with Crippen LogP contribution in [0.2, 0.25) is 0 Å². The first-order valence-electron chi connectivity index (χ1n) is 6.70. The minimum Gasteiger partial charge on any atom is -0.469 e. The van der Waals surface area contributed by atoms with Crippen LogP contribution in [0.3, 0.4) is 0 Å². The van der Waals surface area contributed by atoms with Crippen LogP contribution in [0.25, 0.3) is 0 Å². The number of aliphatic hydroxyl groups is 1. The van der Waals surface area contributed by atoms with Crippen LogP contribution in [0, 0.1) is 0 Å². The summed E-state index contributed by atoms with van der Waals surface area (Å²) < 4.78 is 5.14. The van der Waals surface area contributed by atoms with Gasteiger partial charge in [-0.15, -0.1) is 0 Å². The number of hydrogen-bond acceptors (Lipinski definition) is 5. The van der Waals surface area contributed by atoms with E-state index in [0.29, 0.717) is 11.4 Å². The number of amides is 2. The molecule has 0 radical (unpaired) electrons. The Labute approximate surface area is 127 Å². The summed E-state index contributed by atoms with van der Waals surface area (Å²) in [6, 6.07) is 6.70. The van der Waals surface area contributed by atoms with Crippen LogP contribution in [0.15, 0.2) is 47.3 Å². The Morgan fingerprint density at radius 1 is 1.32 bits per heavy atom. The number of aromatic nitrogens is 1. The van der Waals surface area contributed by atoms with Crippen LogP contribution in [0.5, 0.6) is 0 Å². The molecule has 0 aromatic carbocycles. The highest BCUT2D eigenvalue weighted by Crippen LogP contribution is 2.12. The van der Waals surface area contributed by atoms with Gasteiger partial charge in [-0.3, -0.25) is 14.6 Å². The molecule has 0 spiro atoms. The Balaban J connectivity index is 1.82. The Morgan fingerprint density at radius 2 is 2.14 bits per heavy atom. The van der Waals surface area contributed by atoms with E-state index >= 15 is 0 Å². The van der Waals surface area contributed by atoms with Crippen molar-refractivity contribution in [2.24, 2.45) is 0 Å². The molecule has 0 aliphatic carbocycles. The number of carbonyl (C=O) groups is 2. The van der Waals surface area contributed by atoms with Crippen molar-refractivity contribution >= 4 is 17.5 Å². The zero-order valence-electron chi connectivity index (χ0n) is 12.1. The lowest BCUT2D eigenvalue weighted by Crippen LogP contribution is -2.45. The number of anilines is 1. The normalized spacial score (nSPS) is 13.2. The van der Waals surface area contributed by atoms with Crippen molar-refractivity contribution in [3.63, 3.8) is 0 Å². The molecule has 7 heteroatoms. The number of rotatable bonds is 5. The van der Waals surface area contributed by atoms with Crippen molar-refractivity contribution in [1.82, 2.24) is 10.3 Å². The van der Waals surface area contributed by atoms with Gasteiger partial charge < -0.3 is 20.2 Å². The summed E-state index contributed by atoms with van der Waals surface area (Å²) in [5.41, 5.74) is -0.799. The molecule has 22 heavy (non-hydrogen) atoms. The van der Waals surface area contributed by atoms with E-state index in [9.17, 15) is 14.7 Å². The molecule has 116 valence electrons. The lowest BCUT2D eigenvalue weighted by molar-refractivity contribution is -0.136. The number of furan rings is 1. The average Bonchev–Trinajstić information content (AvgIpc) is 2.98. The predicted molar refractivity (Wildman–Crippen MR) is 78.9 cm³/mol. The van der Waals surface area contributed by atoms with E-state index < -0.39 is 17.4 Å². The van der Waals surface area contributed by atoms with Crippen LogP contribution < -0.4 is 10.6 Å². The number of nitrogens with zero attached hydrogens (tertiary/aromatic N) is 1. The summed E-state index contributed by atoms with van der Waals surface area (Å²) in [5.74, 6) is -1.05. The number of carbonyl (C=O) groups excluding carboxylic acids is 2. The second kappa shape index (κ2) is 6.86. The molecule has 7 nitrogen and oxygen atoms in total. The Kier molecular flexibility index (Phi) is 4.90. The summed E-state index contributed by atoms with van der Waals surface area (Å²) in [7, 11) is 0. The Bertz CT molecular complexity index is 624. The van der Waals surface area contributed by atoms with Gasteiger partial charge in [-0.25, -0.2) is 0 Å². The van der Waals surface area contributed by atoms with Gasteiger partial charge in [-0.1, -0.05) is 0 Å². The van der Waals surface area contributed by atoms with E-state index in [2.05, 4.69) is 15.6 Å². The Morgan fingerprint density at radius 3 is 2.77 bits per heavy atom. The maximum Gasteiger partial charge on any atom is 0.313 e. The zero-order chi connectivity index (χ0) is 16.0. The number of hydrogen-bond donors (Lipinski definition) is 3. The maximum absolute atomic E-state index is 11.7. The van der Waals surface area contributed by atoms with Crippen LogP contribution in [-0.4, -0.2) is 34.1 Å². The van der Waals surface area contributed by atoms with Gasteiger partial charge in [0, 0.05) is 19.2 Å². The quantitative estimate of drug-likeness (QED) is 0.706. The average molecular weight is 303 g/mol. The molecule has 2 amide bonds. The van der Waals surface area contributed by atoms with E-state index in [-0.39, 0.29) is 13.0 Å². The molecule has 2 heterocycles. The molecule has 0 aliphatic rings. The zero-order valence-corrected chi connectivity index (χ0v) is 12.1. The standard InChI is InChI=1S/C15H17N3O4/c1-15(21,8-12-5-3-7-22-12)10-17-13(19)14(20)18-11-4-2-6-16-9-11/h2-7,9,21H,8,10H2,1H3,(H,17,19)(H,18,20). The number of nitrogens with one attached hydrogen (secondary N) is 2. The van der Waals surface area contributed by atoms with E-state index in [1.165, 1.54) is 12.5 Å². The second-order valence-corrected chi connectivity index (χ2v) is 5.13. The third-order valence-corrected chi connectivity index (χ3v) is 2.89. The van der Waals surface area contributed by atoms with Gasteiger partial charge in [-0.2, -0.15) is 0 Å². The van der Waals surface area contributed by atoms with Crippen LogP contribution >= 0.6 is 0 Å². The van der Waals surface area contributed by atoms with Crippen molar-refractivity contribution in [2.45, 2.75) is 18.9 Å². The number of pyridine rings is 1. The minimum atomic E-state index is -1.22. The van der Waals surface area contributed by atoms with Crippen LogP contribution in [0.4, 0.5) is 5.69 Å². The van der Waals surface area contributed by atoms with Gasteiger partial charge in [-0.05, 0) is 31.2 Å². The van der Waals surface area contributed by atoms with E-state index in [4.69, 9.17) is 4.42 Å². The van der Waals surface area contributed by atoms with E-state index in [1.807, 2.05) is 0 Å². The summed E-state index contributed by atoms with van der Waals surface area (Å²) in [6.45, 7) is 1.47. The van der Waals surface area contributed by atoms with Crippen molar-refractivity contribution in [1.29, 1.82) is 0 Å². The Hall–Kier alpha value is -2.67. The minimum absolute atomic E-state index is 0.0764. The fourth-order valence-corrected chi connectivity index (χ4v) is 1.83. The smallest absolute Gasteiger partial charge is 0.313 e. The molecular weight excluding hydrogens is 286 g/mol. The molecule has 2 aromatic heterocycles. The summed E-state index contributed by atoms with van der Waals surface area (Å²) in [4.78, 5) is 27.2. The highest BCUT2D eigenvalue weighted by atomic mass is 16.3. The summed E-state index contributed by atoms with van der Waals surface area (Å²) in [5, 5.41) is 15.0. The van der Waals surface area contributed by atoms with Crippen LogP contribution in [-0.2, 0) is 16.0 Å². The molecule has 0 bridgehead atoms. The van der Waals surface area contributed by atoms with Crippen molar-refractivity contribution in [3.8, 4) is 0 Å². The molecule has 0 saturated heterocycles. The first-order valence-corrected chi connectivity index (χ1v) is 6.70. The molecule has 1 atom stereocenters. The highest BCUT2D eigenvalue weighted by Gasteiger charge is 2.25. The lowest BCUT2D eigenvalue weighted by Gasteiger charge is -2.22. The molecule has 3 N–H and O–H groups in total. The van der Waals surface area contributed by atoms with Gasteiger partial charge in [0.15, 0.2) is 0 Å². The molecule has 0 aliphatic heterocycles. The van der Waals surface area contributed by atoms with E-state index in [1.54, 1.807) is 37.4 Å². The first kappa shape index (κ1) is 15.7. The second-order valence-electron chi connectivity index (χ2n) is 5.13. The van der Waals surface area contributed by atoms with Gasteiger partial charge >= 0.3 is 11.8 Å². The van der Waals surface area contributed by atoms with Gasteiger partial charge in [0.2, 0.25) is 0 Å². The third-order valence-electron chi connectivity index (χ3n) is 2.89. The van der Waals surface area contributed by atoms with Gasteiger partial charge in [0.05, 0.1) is 23.7 Å². The van der Waals surface area contributed by atoms with Gasteiger partial charge in [0.25, 0.3) is 0 Å². The van der Waals surface area contributed by atoms with Crippen molar-refractivity contribution in [2.75, 3.05) is 11.9 Å². The molecule has 0 saturated carbocycles. The van der Waals surface area contributed by atoms with Crippen molar-refractivity contribution in [3.05, 3.63) is 48.7 Å². The third kappa shape index (κ3) is 4.71. The lowest BCUT2D eigenvalue weighted by atomic mass is 10.0. The first-order chi connectivity index (χ1) is 10.5. The predicted octanol–water partition coefficient (Wildman–Crippen LogP) is 0.723. The maximum atomic E-state index is 11.7. The fraction of sp³-hybridized carbons (Fsp3) is 0.267. The van der Waals surface area contributed by atoms with E-state index in [0.717, 1.165) is 0 Å². The van der Waals surface area contributed by atoms with Crippen molar-refractivity contribution < 1.29 is 19.1 Å². The van der Waals surface area contributed by atoms with Crippen LogP contribution in [0.1, 0.15) is 12.7 Å². The highest BCUT2D eigenvalue weighted by molar-refractivity contribution is 6.39. The summed E-state index contributed by atoms with van der Waals surface area (Å²) in [6.07, 6.45) is 4.72. The SMILES string of the molecule is CC(O)(CNC(=O)C(=O)Nc1cccnc1)Cc1ccco1. The topological polar surface area (TPSA) is 104 Å².